The lowest BCUT2D eigenvalue weighted by Gasteiger charge is -2.52. The quantitative estimate of drug-likeness (QED) is 0.471. The molecule has 8 nitrogen and oxygen atoms in total. The van der Waals surface area contributed by atoms with E-state index in [1.807, 2.05) is 4.90 Å². The summed E-state index contributed by atoms with van der Waals surface area (Å²) in [5.41, 5.74) is -2.96. The van der Waals surface area contributed by atoms with Crippen LogP contribution in [0.2, 0.25) is 0 Å². The fraction of sp³-hybridized carbons (Fsp3) is 0.464. The van der Waals surface area contributed by atoms with Crippen LogP contribution >= 0.6 is 0 Å². The number of benzene rings is 2. The Morgan fingerprint density at radius 3 is 2.21 bits per heavy atom. The van der Waals surface area contributed by atoms with Gasteiger partial charge < -0.3 is 24.9 Å². The van der Waals surface area contributed by atoms with Gasteiger partial charge in [-0.2, -0.15) is 26.3 Å². The number of nitrogens with one attached hydrogen (secondary N) is 1. The van der Waals surface area contributed by atoms with E-state index in [1.54, 1.807) is 20.2 Å². The largest absolute Gasteiger partial charge is 0.416 e. The average Bonchev–Trinajstić information content (AvgIpc) is 2.91. The molecule has 0 bridgehead atoms. The zero-order valence-corrected chi connectivity index (χ0v) is 23.3. The Bertz CT molecular complexity index is 1330. The number of carbonyl (C=O) groups is 3. The molecule has 2 heterocycles. The zero-order valence-electron chi connectivity index (χ0n) is 23.3. The summed E-state index contributed by atoms with van der Waals surface area (Å²) >= 11 is 0. The second-order valence-corrected chi connectivity index (χ2v) is 10.8. The standard InChI is InChI=1S/C28H30F7N5O3/c1-37(2)8-6-22-25(42)38(15-17-4-3-5-21(29)12-17)16-23-39(9-7-24(41)40(22)23)26(43)36-14-18-10-19(27(30,31)32)13-20(11-18)28(33,34)35/h3-5,10-13,22-23H,6-9,14-16H2,1-2H3,(H,36,43)/t22-,23+/m0/s1. The molecule has 2 aliphatic rings. The van der Waals surface area contributed by atoms with Crippen molar-refractivity contribution < 1.29 is 45.1 Å². The first-order chi connectivity index (χ1) is 20.0. The molecule has 0 saturated carbocycles. The molecule has 0 aliphatic carbocycles. The second kappa shape index (κ2) is 12.4. The highest BCUT2D eigenvalue weighted by molar-refractivity contribution is 5.91. The van der Waals surface area contributed by atoms with Gasteiger partial charge in [-0.05, 0) is 68.5 Å². The summed E-state index contributed by atoms with van der Waals surface area (Å²) in [5.74, 6) is -1.27. The minimum absolute atomic E-state index is 0.000451. The summed E-state index contributed by atoms with van der Waals surface area (Å²) in [4.78, 5) is 45.8. The van der Waals surface area contributed by atoms with Gasteiger partial charge in [-0.15, -0.1) is 0 Å². The van der Waals surface area contributed by atoms with Gasteiger partial charge in [0.15, 0.2) is 0 Å². The predicted octanol–water partition coefficient (Wildman–Crippen LogP) is 4.30. The highest BCUT2D eigenvalue weighted by Gasteiger charge is 2.48. The van der Waals surface area contributed by atoms with Gasteiger partial charge in [-0.3, -0.25) is 9.59 Å². The van der Waals surface area contributed by atoms with Gasteiger partial charge in [0.05, 0.1) is 17.7 Å². The normalized spacial score (nSPS) is 19.6. The second-order valence-electron chi connectivity index (χ2n) is 10.8. The number of hydrogen-bond donors (Lipinski definition) is 1. The minimum atomic E-state index is -5.05. The molecule has 0 spiro atoms. The molecule has 15 heteroatoms. The zero-order chi connectivity index (χ0) is 31.7. The van der Waals surface area contributed by atoms with Crippen LogP contribution < -0.4 is 5.32 Å². The molecule has 1 N–H and O–H groups in total. The average molecular weight is 618 g/mol. The van der Waals surface area contributed by atoms with Crippen LogP contribution in [-0.4, -0.2) is 83.4 Å². The molecule has 0 radical (unpaired) electrons. The molecule has 4 rings (SSSR count). The fourth-order valence-corrected chi connectivity index (χ4v) is 5.27. The third kappa shape index (κ3) is 7.56. The molecular weight excluding hydrogens is 587 g/mol. The lowest BCUT2D eigenvalue weighted by atomic mass is 10.0. The van der Waals surface area contributed by atoms with Gasteiger partial charge >= 0.3 is 18.4 Å². The summed E-state index contributed by atoms with van der Waals surface area (Å²) in [7, 11) is 3.57. The van der Waals surface area contributed by atoms with Crippen LogP contribution in [0.1, 0.15) is 35.1 Å². The molecular formula is C28H30F7N5O3. The SMILES string of the molecule is CN(C)CC[C@H]1C(=O)N(Cc2cccc(F)c2)C[C@@H]2N(C(=O)NCc3cc(C(F)(F)F)cc(C(F)(F)F)c3)CCC(=O)N21. The van der Waals surface area contributed by atoms with Crippen LogP contribution in [0.25, 0.3) is 0 Å². The topological polar surface area (TPSA) is 76.2 Å². The van der Waals surface area contributed by atoms with Gasteiger partial charge in [-0.1, -0.05) is 12.1 Å². The van der Waals surface area contributed by atoms with Crippen molar-refractivity contribution in [1.82, 2.24) is 24.9 Å². The first-order valence-corrected chi connectivity index (χ1v) is 13.4. The Balaban J connectivity index is 1.59. The van der Waals surface area contributed by atoms with Crippen molar-refractivity contribution in [1.29, 1.82) is 0 Å². The molecule has 2 aromatic rings. The Hall–Kier alpha value is -3.88. The summed E-state index contributed by atoms with van der Waals surface area (Å²) < 4.78 is 93.6. The molecule has 234 valence electrons. The number of fused-ring (bicyclic) bond motifs is 1. The molecule has 0 unspecified atom stereocenters. The van der Waals surface area contributed by atoms with E-state index < -0.39 is 59.6 Å². The van der Waals surface area contributed by atoms with E-state index in [9.17, 15) is 45.1 Å². The smallest absolute Gasteiger partial charge is 0.334 e. The molecule has 43 heavy (non-hydrogen) atoms. The van der Waals surface area contributed by atoms with E-state index in [0.717, 1.165) is 0 Å². The Labute approximate surface area is 243 Å². The number of carbonyl (C=O) groups excluding carboxylic acids is 3. The van der Waals surface area contributed by atoms with E-state index in [0.29, 0.717) is 24.2 Å². The van der Waals surface area contributed by atoms with Crippen LogP contribution in [0.3, 0.4) is 0 Å². The molecule has 2 fully saturated rings. The van der Waals surface area contributed by atoms with Crippen molar-refractivity contribution in [3.63, 3.8) is 0 Å². The number of piperazine rings is 1. The Morgan fingerprint density at radius 2 is 1.63 bits per heavy atom. The maximum atomic E-state index is 13.9. The Kier molecular flexibility index (Phi) is 9.23. The number of urea groups is 1. The minimum Gasteiger partial charge on any atom is -0.334 e. The van der Waals surface area contributed by atoms with E-state index in [2.05, 4.69) is 5.32 Å². The summed E-state index contributed by atoms with van der Waals surface area (Å²) in [6.45, 7) is -0.462. The molecule has 2 atom stereocenters. The van der Waals surface area contributed by atoms with Crippen LogP contribution in [0.5, 0.6) is 0 Å². The monoisotopic (exact) mass is 617 g/mol. The number of hydrogen-bond acceptors (Lipinski definition) is 4. The van der Waals surface area contributed by atoms with Gasteiger partial charge in [0.25, 0.3) is 0 Å². The van der Waals surface area contributed by atoms with Crippen LogP contribution in [0.4, 0.5) is 35.5 Å². The highest BCUT2D eigenvalue weighted by atomic mass is 19.4. The maximum absolute atomic E-state index is 13.9. The van der Waals surface area contributed by atoms with E-state index in [4.69, 9.17) is 0 Å². The van der Waals surface area contributed by atoms with Gasteiger partial charge in [0, 0.05) is 26.1 Å². The van der Waals surface area contributed by atoms with E-state index >= 15 is 0 Å². The maximum Gasteiger partial charge on any atom is 0.416 e. The van der Waals surface area contributed by atoms with Gasteiger partial charge in [-0.25, -0.2) is 9.18 Å². The number of halogens is 7. The van der Waals surface area contributed by atoms with Gasteiger partial charge in [0.1, 0.15) is 18.0 Å². The molecule has 4 amide bonds. The van der Waals surface area contributed by atoms with Crippen LogP contribution in [0, 0.1) is 5.82 Å². The molecule has 2 saturated heterocycles. The van der Waals surface area contributed by atoms with Crippen molar-refractivity contribution in [2.75, 3.05) is 33.7 Å². The lowest BCUT2D eigenvalue weighted by molar-refractivity contribution is -0.167. The number of rotatable bonds is 7. The Morgan fingerprint density at radius 1 is 0.977 bits per heavy atom. The summed E-state index contributed by atoms with van der Waals surface area (Å²) in [6.07, 6.45) is -11.0. The summed E-state index contributed by atoms with van der Waals surface area (Å²) in [5, 5.41) is 2.38. The van der Waals surface area contributed by atoms with Crippen molar-refractivity contribution in [2.24, 2.45) is 0 Å². The summed E-state index contributed by atoms with van der Waals surface area (Å²) in [6, 6.07) is 4.88. The molecule has 2 aliphatic heterocycles. The number of nitrogens with zero attached hydrogens (tertiary/aromatic N) is 4. The first-order valence-electron chi connectivity index (χ1n) is 13.4. The van der Waals surface area contributed by atoms with Crippen LogP contribution in [-0.2, 0) is 35.0 Å². The van der Waals surface area contributed by atoms with Crippen LogP contribution in [0.15, 0.2) is 42.5 Å². The third-order valence-electron chi connectivity index (χ3n) is 7.32. The predicted molar refractivity (Wildman–Crippen MR) is 139 cm³/mol. The lowest BCUT2D eigenvalue weighted by Crippen LogP contribution is -2.72. The molecule has 2 aromatic carbocycles. The number of alkyl halides is 6. The van der Waals surface area contributed by atoms with Crippen molar-refractivity contribution in [2.45, 2.75) is 50.5 Å². The highest BCUT2D eigenvalue weighted by Crippen LogP contribution is 2.36. The van der Waals surface area contributed by atoms with Crippen molar-refractivity contribution >= 4 is 17.8 Å². The van der Waals surface area contributed by atoms with Crippen molar-refractivity contribution in [3.8, 4) is 0 Å². The third-order valence-corrected chi connectivity index (χ3v) is 7.32. The van der Waals surface area contributed by atoms with E-state index in [1.165, 1.54) is 32.9 Å². The fourth-order valence-electron chi connectivity index (χ4n) is 5.27. The van der Waals surface area contributed by atoms with E-state index in [-0.39, 0.29) is 50.4 Å². The number of amides is 4. The van der Waals surface area contributed by atoms with Crippen molar-refractivity contribution in [3.05, 3.63) is 70.5 Å². The first kappa shape index (κ1) is 32.0. The van der Waals surface area contributed by atoms with Gasteiger partial charge in [0.2, 0.25) is 11.8 Å². The molecule has 0 aromatic heterocycles.